The van der Waals surface area contributed by atoms with Crippen LogP contribution in [0.25, 0.3) is 0 Å². The monoisotopic (exact) mass is 300 g/mol. The molecule has 0 aromatic heterocycles. The second-order valence-electron chi connectivity index (χ2n) is 4.54. The van der Waals surface area contributed by atoms with Crippen molar-refractivity contribution in [3.05, 3.63) is 70.3 Å². The Balaban J connectivity index is 2.43. The summed E-state index contributed by atoms with van der Waals surface area (Å²) in [5, 5.41) is 0. The lowest BCUT2D eigenvalue weighted by molar-refractivity contribution is -0.140. The molecule has 0 bridgehead atoms. The van der Waals surface area contributed by atoms with Crippen LogP contribution in [0.15, 0.2) is 36.4 Å². The molecule has 0 atom stereocenters. The Morgan fingerprint density at radius 3 is 2.14 bits per heavy atom. The van der Waals surface area contributed by atoms with Crippen LogP contribution in [0.2, 0.25) is 0 Å². The van der Waals surface area contributed by atoms with Crippen LogP contribution >= 0.6 is 0 Å². The minimum Gasteiger partial charge on any atom is -0.289 e. The van der Waals surface area contributed by atoms with Crippen LogP contribution in [0.5, 0.6) is 0 Å². The van der Waals surface area contributed by atoms with Crippen LogP contribution in [-0.4, -0.2) is 5.78 Å². The Bertz CT molecular complexity index is 683. The van der Waals surface area contributed by atoms with Crippen LogP contribution in [0.4, 0.5) is 22.0 Å². The molecular formula is C15H9F5O. The summed E-state index contributed by atoms with van der Waals surface area (Å²) in [4.78, 5) is 12.0. The Kier molecular flexibility index (Phi) is 3.80. The highest BCUT2D eigenvalue weighted by atomic mass is 19.4. The first-order chi connectivity index (χ1) is 9.68. The highest BCUT2D eigenvalue weighted by Gasteiger charge is 2.34. The first-order valence-corrected chi connectivity index (χ1v) is 5.87. The number of carbonyl (C=O) groups excluding carboxylic acids is 1. The van der Waals surface area contributed by atoms with Crippen LogP contribution < -0.4 is 0 Å². The standard InChI is InChI=1S/C15H9F5O/c1-8-4-10(6-11(16)5-8)14(21)9-2-3-12(13(17)7-9)15(18,19)20/h2-7H,1H3. The molecule has 0 saturated heterocycles. The van der Waals surface area contributed by atoms with Crippen LogP contribution in [-0.2, 0) is 6.18 Å². The average molecular weight is 300 g/mol. The quantitative estimate of drug-likeness (QED) is 0.588. The molecule has 6 heteroatoms. The molecule has 2 aromatic rings. The van der Waals surface area contributed by atoms with Gasteiger partial charge < -0.3 is 0 Å². The molecule has 1 nitrogen and oxygen atoms in total. The van der Waals surface area contributed by atoms with Crippen LogP contribution in [0.1, 0.15) is 27.0 Å². The summed E-state index contributed by atoms with van der Waals surface area (Å²) in [6.07, 6.45) is -4.83. The number of halogens is 5. The first-order valence-electron chi connectivity index (χ1n) is 5.87. The van der Waals surface area contributed by atoms with Gasteiger partial charge in [0.15, 0.2) is 5.78 Å². The molecule has 0 aliphatic rings. The highest BCUT2D eigenvalue weighted by Crippen LogP contribution is 2.31. The average Bonchev–Trinajstić information content (AvgIpc) is 2.35. The van der Waals surface area contributed by atoms with E-state index in [2.05, 4.69) is 0 Å². The van der Waals surface area contributed by atoms with E-state index in [0.717, 1.165) is 12.1 Å². The molecule has 0 N–H and O–H groups in total. The summed E-state index contributed by atoms with van der Waals surface area (Å²) in [5.41, 5.74) is -1.29. The number of ketones is 1. The highest BCUT2D eigenvalue weighted by molar-refractivity contribution is 6.09. The molecule has 0 radical (unpaired) electrons. The van der Waals surface area contributed by atoms with Crippen molar-refractivity contribution in [3.8, 4) is 0 Å². The Morgan fingerprint density at radius 1 is 0.952 bits per heavy atom. The number of rotatable bonds is 2. The lowest BCUT2D eigenvalue weighted by Crippen LogP contribution is -2.10. The molecule has 110 valence electrons. The van der Waals surface area contributed by atoms with E-state index in [1.165, 1.54) is 12.1 Å². The number of hydrogen-bond donors (Lipinski definition) is 0. The smallest absolute Gasteiger partial charge is 0.289 e. The first kappa shape index (κ1) is 15.2. The SMILES string of the molecule is Cc1cc(F)cc(C(=O)c2ccc(C(F)(F)F)c(F)c2)c1. The van der Waals surface area contributed by atoms with Gasteiger partial charge in [-0.25, -0.2) is 8.78 Å². The second kappa shape index (κ2) is 5.27. The maximum atomic E-state index is 13.4. The molecule has 2 aromatic carbocycles. The molecular weight excluding hydrogens is 291 g/mol. The fourth-order valence-corrected chi connectivity index (χ4v) is 1.92. The lowest BCUT2D eigenvalue weighted by Gasteiger charge is -2.09. The van der Waals surface area contributed by atoms with Crippen LogP contribution in [0.3, 0.4) is 0 Å². The van der Waals surface area contributed by atoms with Crippen molar-refractivity contribution in [2.45, 2.75) is 13.1 Å². The van der Waals surface area contributed by atoms with E-state index in [4.69, 9.17) is 0 Å². The van der Waals surface area contributed by atoms with Crippen molar-refractivity contribution in [3.63, 3.8) is 0 Å². The summed E-state index contributed by atoms with van der Waals surface area (Å²) in [7, 11) is 0. The molecule has 0 saturated carbocycles. The van der Waals surface area contributed by atoms with Crippen molar-refractivity contribution < 1.29 is 26.7 Å². The molecule has 0 amide bonds. The molecule has 0 aliphatic heterocycles. The van der Waals surface area contributed by atoms with Gasteiger partial charge >= 0.3 is 6.18 Å². The van der Waals surface area contributed by atoms with Crippen molar-refractivity contribution >= 4 is 5.78 Å². The molecule has 0 aliphatic carbocycles. The molecule has 21 heavy (non-hydrogen) atoms. The van der Waals surface area contributed by atoms with Gasteiger partial charge in [0.05, 0.1) is 5.56 Å². The van der Waals surface area contributed by atoms with E-state index < -0.39 is 29.2 Å². The van der Waals surface area contributed by atoms with Gasteiger partial charge in [-0.1, -0.05) is 6.07 Å². The van der Waals surface area contributed by atoms with Gasteiger partial charge in [-0.3, -0.25) is 4.79 Å². The zero-order valence-corrected chi connectivity index (χ0v) is 10.8. The minimum absolute atomic E-state index is 0.0494. The number of hydrogen-bond acceptors (Lipinski definition) is 1. The number of carbonyl (C=O) groups is 1. The molecule has 0 fully saturated rings. The zero-order valence-electron chi connectivity index (χ0n) is 10.8. The van der Waals surface area contributed by atoms with Gasteiger partial charge in [-0.15, -0.1) is 0 Å². The fourth-order valence-electron chi connectivity index (χ4n) is 1.92. The van der Waals surface area contributed by atoms with Gasteiger partial charge in [0.1, 0.15) is 11.6 Å². The summed E-state index contributed by atoms with van der Waals surface area (Å²) in [6.45, 7) is 1.56. The van der Waals surface area contributed by atoms with E-state index >= 15 is 0 Å². The topological polar surface area (TPSA) is 17.1 Å². The van der Waals surface area contributed by atoms with Gasteiger partial charge in [-0.05, 0) is 42.8 Å². The Morgan fingerprint density at radius 2 is 1.62 bits per heavy atom. The third-order valence-corrected chi connectivity index (χ3v) is 2.84. The third kappa shape index (κ3) is 3.26. The summed E-state index contributed by atoms with van der Waals surface area (Å²) < 4.78 is 64.0. The lowest BCUT2D eigenvalue weighted by atomic mass is 10.00. The number of aryl methyl sites for hydroxylation is 1. The largest absolute Gasteiger partial charge is 0.419 e. The molecule has 2 rings (SSSR count). The maximum absolute atomic E-state index is 13.4. The normalized spacial score (nSPS) is 11.5. The van der Waals surface area contributed by atoms with Crippen molar-refractivity contribution in [2.75, 3.05) is 0 Å². The zero-order chi connectivity index (χ0) is 15.8. The van der Waals surface area contributed by atoms with E-state index in [1.807, 2.05) is 0 Å². The van der Waals surface area contributed by atoms with Gasteiger partial charge in [0.25, 0.3) is 0 Å². The van der Waals surface area contributed by atoms with E-state index in [0.29, 0.717) is 17.7 Å². The molecule has 0 unspecified atom stereocenters. The number of alkyl halides is 3. The number of benzene rings is 2. The predicted molar refractivity (Wildman–Crippen MR) is 66.0 cm³/mol. The summed E-state index contributed by atoms with van der Waals surface area (Å²) >= 11 is 0. The summed E-state index contributed by atoms with van der Waals surface area (Å²) in [6, 6.07) is 5.39. The van der Waals surface area contributed by atoms with Crippen molar-refractivity contribution in [1.82, 2.24) is 0 Å². The summed E-state index contributed by atoms with van der Waals surface area (Å²) in [5.74, 6) is -2.93. The van der Waals surface area contributed by atoms with E-state index in [-0.39, 0.29) is 11.1 Å². The van der Waals surface area contributed by atoms with Gasteiger partial charge in [0.2, 0.25) is 0 Å². The predicted octanol–water partition coefficient (Wildman–Crippen LogP) is 4.52. The van der Waals surface area contributed by atoms with E-state index in [9.17, 15) is 26.7 Å². The van der Waals surface area contributed by atoms with Gasteiger partial charge in [-0.2, -0.15) is 13.2 Å². The molecule has 0 heterocycles. The fraction of sp³-hybridized carbons (Fsp3) is 0.133. The Hall–Kier alpha value is -2.24. The van der Waals surface area contributed by atoms with Crippen molar-refractivity contribution in [2.24, 2.45) is 0 Å². The third-order valence-electron chi connectivity index (χ3n) is 2.84. The van der Waals surface area contributed by atoms with Crippen molar-refractivity contribution in [1.29, 1.82) is 0 Å². The minimum atomic E-state index is -4.83. The van der Waals surface area contributed by atoms with Crippen LogP contribution in [0, 0.1) is 18.6 Å². The second-order valence-corrected chi connectivity index (χ2v) is 4.54. The molecule has 0 spiro atoms. The van der Waals surface area contributed by atoms with E-state index in [1.54, 1.807) is 6.92 Å². The maximum Gasteiger partial charge on any atom is 0.419 e. The van der Waals surface area contributed by atoms with Gasteiger partial charge in [0, 0.05) is 11.1 Å². The Labute approximate surface area is 117 Å².